The Morgan fingerprint density at radius 1 is 1.10 bits per heavy atom. The second-order valence-electron chi connectivity index (χ2n) is 7.28. The zero-order chi connectivity index (χ0) is 22.6. The molecule has 168 valence electrons. The number of hydrogen-bond donors (Lipinski definition) is 0. The molecule has 3 rings (SSSR count). The Labute approximate surface area is 182 Å². The van der Waals surface area contributed by atoms with Crippen molar-refractivity contribution in [2.45, 2.75) is 24.6 Å². The number of carbonyl (C=O) groups is 1. The summed E-state index contributed by atoms with van der Waals surface area (Å²) in [7, 11) is -5.87. The second kappa shape index (κ2) is 9.33. The molecular formula is C20H25N3O6S2. The van der Waals surface area contributed by atoms with Crippen LogP contribution in [0.15, 0.2) is 48.7 Å². The lowest BCUT2D eigenvalue weighted by Crippen LogP contribution is -2.46. The Kier molecular flexibility index (Phi) is 6.97. The molecule has 1 aliphatic heterocycles. The van der Waals surface area contributed by atoms with Crippen molar-refractivity contribution in [1.82, 2.24) is 9.29 Å². The average molecular weight is 468 g/mol. The summed E-state index contributed by atoms with van der Waals surface area (Å²) in [5.41, 5.74) is 1.23. The van der Waals surface area contributed by atoms with E-state index in [1.807, 2.05) is 0 Å². The van der Waals surface area contributed by atoms with Gasteiger partial charge in [0.05, 0.1) is 42.1 Å². The Hall–Kier alpha value is -2.50. The van der Waals surface area contributed by atoms with Gasteiger partial charge in [0.15, 0.2) is 0 Å². The van der Waals surface area contributed by atoms with Crippen molar-refractivity contribution in [3.05, 3.63) is 59.9 Å². The van der Waals surface area contributed by atoms with E-state index in [2.05, 4.69) is 9.72 Å². The molecule has 2 aromatic rings. The lowest BCUT2D eigenvalue weighted by atomic mass is 10.2. The van der Waals surface area contributed by atoms with E-state index >= 15 is 0 Å². The maximum atomic E-state index is 13.5. The molecule has 1 aliphatic rings. The molecule has 0 bridgehead atoms. The summed E-state index contributed by atoms with van der Waals surface area (Å²) in [6.07, 6.45) is 2.91. The van der Waals surface area contributed by atoms with Crippen LogP contribution in [0, 0.1) is 0 Å². The minimum atomic E-state index is -3.80. The van der Waals surface area contributed by atoms with Crippen LogP contribution in [0.5, 0.6) is 0 Å². The first-order valence-corrected chi connectivity index (χ1v) is 13.0. The smallest absolute Gasteiger partial charge is 0.339 e. The van der Waals surface area contributed by atoms with Gasteiger partial charge in [-0.05, 0) is 37.1 Å². The highest BCUT2D eigenvalue weighted by Gasteiger charge is 2.37. The normalized spacial score (nSPS) is 16.1. The summed E-state index contributed by atoms with van der Waals surface area (Å²) in [5, 5.41) is -0.708. The largest absolute Gasteiger partial charge is 0.465 e. The van der Waals surface area contributed by atoms with Crippen LogP contribution in [0.3, 0.4) is 0 Å². The summed E-state index contributed by atoms with van der Waals surface area (Å²) in [4.78, 5) is 15.8. The van der Waals surface area contributed by atoms with Gasteiger partial charge in [-0.2, -0.15) is 0 Å². The number of esters is 1. The van der Waals surface area contributed by atoms with Crippen LogP contribution in [-0.2, 0) is 31.3 Å². The third-order valence-corrected chi connectivity index (χ3v) is 8.77. The van der Waals surface area contributed by atoms with Crippen LogP contribution in [0.4, 0.5) is 5.69 Å². The standard InChI is InChI=1S/C20H25N3O6S2/c1-29-20(24)16-8-9-17(21-14-16)15-23(18-6-4-3-5-7-18)31(27,28)19-10-12-22(13-11-19)30(2,25)26/h3-9,14,19H,10-13,15H2,1-2H3. The Bertz CT molecular complexity index is 1110. The first-order valence-electron chi connectivity index (χ1n) is 9.68. The molecule has 0 aliphatic carbocycles. The number of methoxy groups -OCH3 is 1. The van der Waals surface area contributed by atoms with Gasteiger partial charge in [0.2, 0.25) is 20.0 Å². The molecule has 9 nitrogen and oxygen atoms in total. The minimum Gasteiger partial charge on any atom is -0.465 e. The van der Waals surface area contributed by atoms with Gasteiger partial charge in [-0.1, -0.05) is 18.2 Å². The van der Waals surface area contributed by atoms with Crippen molar-refractivity contribution in [2.24, 2.45) is 0 Å². The van der Waals surface area contributed by atoms with Crippen LogP contribution in [0.2, 0.25) is 0 Å². The number of sulfonamides is 2. The average Bonchev–Trinajstić information content (AvgIpc) is 2.77. The lowest BCUT2D eigenvalue weighted by molar-refractivity contribution is 0.0600. The van der Waals surface area contributed by atoms with E-state index in [0.29, 0.717) is 11.4 Å². The quantitative estimate of drug-likeness (QED) is 0.569. The molecule has 31 heavy (non-hydrogen) atoms. The molecule has 0 saturated carbocycles. The number of piperidine rings is 1. The van der Waals surface area contributed by atoms with E-state index in [0.717, 1.165) is 6.26 Å². The third kappa shape index (κ3) is 5.41. The van der Waals surface area contributed by atoms with Crippen LogP contribution >= 0.6 is 0 Å². The van der Waals surface area contributed by atoms with E-state index in [4.69, 9.17) is 0 Å². The van der Waals surface area contributed by atoms with Gasteiger partial charge in [-0.25, -0.2) is 25.9 Å². The van der Waals surface area contributed by atoms with Gasteiger partial charge in [0, 0.05) is 19.3 Å². The number of aromatic nitrogens is 1. The molecular weight excluding hydrogens is 442 g/mol. The number of carbonyl (C=O) groups excluding carboxylic acids is 1. The van der Waals surface area contributed by atoms with Crippen LogP contribution in [-0.4, -0.2) is 63.8 Å². The number of pyridine rings is 1. The molecule has 1 aromatic heterocycles. The Balaban J connectivity index is 1.86. The van der Waals surface area contributed by atoms with Crippen molar-refractivity contribution in [1.29, 1.82) is 0 Å². The van der Waals surface area contributed by atoms with Crippen LogP contribution < -0.4 is 4.31 Å². The van der Waals surface area contributed by atoms with Gasteiger partial charge in [-0.15, -0.1) is 0 Å². The molecule has 2 heterocycles. The number of para-hydroxylation sites is 1. The van der Waals surface area contributed by atoms with Crippen molar-refractivity contribution < 1.29 is 26.4 Å². The molecule has 1 fully saturated rings. The number of hydrogen-bond acceptors (Lipinski definition) is 7. The third-order valence-electron chi connectivity index (χ3n) is 5.19. The molecule has 1 aromatic carbocycles. The summed E-state index contributed by atoms with van der Waals surface area (Å²) < 4.78 is 57.8. The summed E-state index contributed by atoms with van der Waals surface area (Å²) in [5.74, 6) is -0.524. The fourth-order valence-corrected chi connectivity index (χ4v) is 6.24. The van der Waals surface area contributed by atoms with Gasteiger partial charge in [-0.3, -0.25) is 9.29 Å². The van der Waals surface area contributed by atoms with E-state index in [9.17, 15) is 21.6 Å². The highest BCUT2D eigenvalue weighted by molar-refractivity contribution is 7.93. The minimum absolute atomic E-state index is 0.0138. The number of benzene rings is 1. The zero-order valence-electron chi connectivity index (χ0n) is 17.3. The highest BCUT2D eigenvalue weighted by atomic mass is 32.2. The highest BCUT2D eigenvalue weighted by Crippen LogP contribution is 2.28. The first-order chi connectivity index (χ1) is 14.6. The van der Waals surface area contributed by atoms with E-state index in [1.165, 1.54) is 28.0 Å². The monoisotopic (exact) mass is 467 g/mol. The predicted octanol–water partition coefficient (Wildman–Crippen LogP) is 1.63. The van der Waals surface area contributed by atoms with E-state index in [1.54, 1.807) is 36.4 Å². The maximum absolute atomic E-state index is 13.5. The number of nitrogens with zero attached hydrogens (tertiary/aromatic N) is 3. The molecule has 0 amide bonds. The van der Waals surface area contributed by atoms with Crippen molar-refractivity contribution in [3.8, 4) is 0 Å². The molecule has 0 atom stereocenters. The van der Waals surface area contributed by atoms with Gasteiger partial charge >= 0.3 is 5.97 Å². The summed E-state index contributed by atoms with van der Waals surface area (Å²) in [6.45, 7) is 0.314. The van der Waals surface area contributed by atoms with Crippen LogP contribution in [0.25, 0.3) is 0 Å². The SMILES string of the molecule is COC(=O)c1ccc(CN(c2ccccc2)S(=O)(=O)C2CCN(S(C)(=O)=O)CC2)nc1. The molecule has 0 unspecified atom stereocenters. The Morgan fingerprint density at radius 2 is 1.74 bits per heavy atom. The fraction of sp³-hybridized carbons (Fsp3) is 0.400. The molecule has 0 radical (unpaired) electrons. The van der Waals surface area contributed by atoms with E-state index < -0.39 is 31.3 Å². The predicted molar refractivity (Wildman–Crippen MR) is 117 cm³/mol. The molecule has 0 N–H and O–H groups in total. The van der Waals surface area contributed by atoms with Crippen molar-refractivity contribution in [2.75, 3.05) is 30.8 Å². The molecule has 11 heteroatoms. The maximum Gasteiger partial charge on any atom is 0.339 e. The zero-order valence-corrected chi connectivity index (χ0v) is 19.0. The van der Waals surface area contributed by atoms with E-state index in [-0.39, 0.29) is 38.0 Å². The number of rotatable bonds is 7. The first kappa shape index (κ1) is 23.2. The van der Waals surface area contributed by atoms with Gasteiger partial charge in [0.1, 0.15) is 0 Å². The topological polar surface area (TPSA) is 114 Å². The van der Waals surface area contributed by atoms with Crippen molar-refractivity contribution in [3.63, 3.8) is 0 Å². The second-order valence-corrected chi connectivity index (χ2v) is 11.4. The van der Waals surface area contributed by atoms with Gasteiger partial charge < -0.3 is 4.74 Å². The summed E-state index contributed by atoms with van der Waals surface area (Å²) >= 11 is 0. The number of anilines is 1. The molecule has 1 saturated heterocycles. The lowest BCUT2D eigenvalue weighted by Gasteiger charge is -2.34. The molecule has 0 spiro atoms. The Morgan fingerprint density at radius 3 is 2.26 bits per heavy atom. The fourth-order valence-electron chi connectivity index (χ4n) is 3.47. The van der Waals surface area contributed by atoms with Crippen LogP contribution in [0.1, 0.15) is 28.9 Å². The van der Waals surface area contributed by atoms with Crippen molar-refractivity contribution >= 4 is 31.7 Å². The number of ether oxygens (including phenoxy) is 1. The summed E-state index contributed by atoms with van der Waals surface area (Å²) in [6, 6.07) is 11.8. The van der Waals surface area contributed by atoms with Gasteiger partial charge in [0.25, 0.3) is 0 Å².